The van der Waals surface area contributed by atoms with Gasteiger partial charge in [0.2, 0.25) is 0 Å². The Labute approximate surface area is 749 Å². The largest absolute Gasteiger partial charge is 0.456 e. The van der Waals surface area contributed by atoms with E-state index < -0.39 is 48.1 Å². The molecule has 2 aliphatic rings. The number of hydrogen-bond acceptors (Lipinski definition) is 8. The first kappa shape index (κ1) is 90.8. The average Bonchev–Trinajstić information content (AvgIpc) is 1.61. The molecule has 2 aromatic heterocycles. The van der Waals surface area contributed by atoms with Gasteiger partial charge in [0, 0.05) is 40.7 Å². The molecule has 16 heteroatoms. The van der Waals surface area contributed by atoms with Gasteiger partial charge in [-0.1, -0.05) is 459 Å². The van der Waals surface area contributed by atoms with Crippen LogP contribution >= 0.6 is 31.7 Å². The van der Waals surface area contributed by atoms with Crippen LogP contribution in [0.2, 0.25) is 43.8 Å². The third kappa shape index (κ3) is 25.0. The third-order valence-electron chi connectivity index (χ3n) is 21.6. The van der Waals surface area contributed by atoms with Crippen molar-refractivity contribution in [3.8, 4) is 28.5 Å². The van der Waals surface area contributed by atoms with Crippen molar-refractivity contribution < 1.29 is 43.8 Å². The molecular weight excluding hydrogens is 1710 g/mol. The first-order chi connectivity index (χ1) is 59.6. The maximum atomic E-state index is 6.71. The van der Waals surface area contributed by atoms with Crippen LogP contribution in [0.25, 0.3) is 33.7 Å². The van der Waals surface area contributed by atoms with Crippen LogP contribution in [0, 0.1) is 0 Å². The fourth-order valence-corrected chi connectivity index (χ4v) is 25.5. The molecule has 0 N–H and O–H groups in total. The summed E-state index contributed by atoms with van der Waals surface area (Å²) in [5.74, 6) is 0.608. The second-order valence-corrected chi connectivity index (χ2v) is 51.8. The Morgan fingerprint density at radius 1 is 0.341 bits per heavy atom. The molecule has 0 spiro atoms. The monoisotopic (exact) mass is 1810 g/mol. The fraction of sp³-hybridized carbons (Fsp3) is 0.168. The molecule has 4 heterocycles. The summed E-state index contributed by atoms with van der Waals surface area (Å²) >= 11 is 0. The average molecular weight is 1820 g/mol. The van der Waals surface area contributed by atoms with Crippen LogP contribution in [0.5, 0.6) is 6.01 Å². The van der Waals surface area contributed by atoms with Crippen molar-refractivity contribution in [2.45, 2.75) is 95.7 Å². The van der Waals surface area contributed by atoms with E-state index in [-0.39, 0.29) is 49.9 Å². The second-order valence-electron chi connectivity index (χ2n) is 32.6. The van der Waals surface area contributed by atoms with Gasteiger partial charge in [-0.3, -0.25) is 4.57 Å². The van der Waals surface area contributed by atoms with E-state index in [1.165, 1.54) is 69.2 Å². The second kappa shape index (κ2) is 45.1. The molecule has 0 amide bonds. The third-order valence-corrected chi connectivity index (χ3v) is 37.6. The van der Waals surface area contributed by atoms with Gasteiger partial charge in [0.1, 0.15) is 24.5 Å². The van der Waals surface area contributed by atoms with Gasteiger partial charge in [-0.2, -0.15) is 4.98 Å². The van der Waals surface area contributed by atoms with Crippen LogP contribution in [-0.4, -0.2) is 80.1 Å². The summed E-state index contributed by atoms with van der Waals surface area (Å²) in [6, 6.07) is 149. The van der Waals surface area contributed by atoms with Crippen LogP contribution < -0.4 is 68.4 Å². The maximum Gasteiger partial charge on any atom is 0.301 e. The van der Waals surface area contributed by atoms with E-state index >= 15 is 0 Å². The summed E-state index contributed by atoms with van der Waals surface area (Å²) in [5.41, 5.74) is 4.55. The molecule has 0 unspecified atom stereocenters. The van der Waals surface area contributed by atoms with Gasteiger partial charge in [0.15, 0.2) is 25.9 Å². The summed E-state index contributed by atoms with van der Waals surface area (Å²) in [6.07, 6.45) is 0.974. The fourth-order valence-electron chi connectivity index (χ4n) is 14.3. The molecule has 2 saturated heterocycles. The Morgan fingerprint density at radius 2 is 0.602 bits per heavy atom. The molecule has 4 atom stereocenters. The minimum Gasteiger partial charge on any atom is -0.456 e. The van der Waals surface area contributed by atoms with Crippen LogP contribution in [0.3, 0.4) is 0 Å². The van der Waals surface area contributed by atoms with Gasteiger partial charge >= 0.3 is 6.01 Å². The van der Waals surface area contributed by atoms with E-state index in [0.29, 0.717) is 44.0 Å². The summed E-state index contributed by atoms with van der Waals surface area (Å²) in [5, 5.41) is 16.9. The standard InChI is InChI=1S/C35H48N4O5Si2.4C18H15P.Pd/c1-35(2,3)46(7,8)44-29-22-42-30-28(21-41-31(29)30)43-34-38-33-27(39(34)23-40-18-19-45(4,5)6)20-36-32(37-33)26-16-14-25(15-17-26)24-12-10-9-11-13-24;4*1-4-10-16(11-5-1)19(17-12-6-2-7-13-17)18-14-8-3-9-15-18;/h9-17,20,28-31H,18-19,21-23H2,1-8H3;4*1-15H;/t28-,29-,30-,31-;;;;;/m1...../s1. The Morgan fingerprint density at radius 3 is 0.886 bits per heavy atom. The number of nitrogens with zero attached hydrogens (tertiary/aromatic N) is 4. The predicted molar refractivity (Wildman–Crippen MR) is 527 cm³/mol. The first-order valence-electron chi connectivity index (χ1n) is 41.9. The number of benzene rings is 14. The van der Waals surface area contributed by atoms with E-state index in [2.05, 4.69) is 442 Å². The van der Waals surface area contributed by atoms with E-state index in [9.17, 15) is 0 Å². The first-order valence-corrected chi connectivity index (χ1v) is 53.9. The van der Waals surface area contributed by atoms with Crippen LogP contribution in [0.1, 0.15) is 20.8 Å². The van der Waals surface area contributed by atoms with Crippen molar-refractivity contribution >= 4 is 123 Å². The quantitative estimate of drug-likeness (QED) is 0.0355. The minimum absolute atomic E-state index is 0. The van der Waals surface area contributed by atoms with Crippen molar-refractivity contribution in [3.05, 3.63) is 425 Å². The van der Waals surface area contributed by atoms with Gasteiger partial charge < -0.3 is 23.4 Å². The minimum atomic E-state index is -1.99. The number of aromatic nitrogens is 4. The molecule has 2 aliphatic heterocycles. The Kier molecular flexibility index (Phi) is 33.3. The van der Waals surface area contributed by atoms with Gasteiger partial charge in [-0.25, -0.2) is 9.97 Å². The summed E-state index contributed by atoms with van der Waals surface area (Å²) in [6.45, 7) is 20.2. The summed E-state index contributed by atoms with van der Waals surface area (Å²) in [4.78, 5) is 14.5. The summed E-state index contributed by atoms with van der Waals surface area (Å²) in [7, 11) is -5.02. The maximum absolute atomic E-state index is 6.71. The molecule has 624 valence electrons. The Bertz CT molecular complexity index is 4890. The molecule has 0 radical (unpaired) electrons. The van der Waals surface area contributed by atoms with Crippen molar-refractivity contribution in [3.63, 3.8) is 0 Å². The molecule has 0 bridgehead atoms. The SMILES string of the molecule is CC(C)(C)[Si](C)(C)O[C@@H]1CO[C@H]2[C@@H]1OC[C@H]2Oc1nc2nc(-c3ccc(-c4ccccc4)cc3)ncc2n1COCC[Si](C)(C)C.[Pd].c1ccc(P(c2ccccc2)c2ccccc2)cc1.c1ccc(P(c2ccccc2)c2ccccc2)cc1.c1ccc(P(c2ccccc2)c2ccccc2)cc1.c1ccc(P(c2ccccc2)c2ccccc2)cc1. The summed E-state index contributed by atoms with van der Waals surface area (Å²) < 4.78 is 33.9. The van der Waals surface area contributed by atoms with E-state index in [0.717, 1.165) is 22.7 Å². The molecule has 9 nitrogen and oxygen atoms in total. The predicted octanol–water partition coefficient (Wildman–Crippen LogP) is 21.2. The van der Waals surface area contributed by atoms with Crippen LogP contribution in [-0.2, 0) is 45.8 Å². The van der Waals surface area contributed by atoms with Crippen molar-refractivity contribution in [1.82, 2.24) is 19.5 Å². The molecule has 0 aliphatic carbocycles. The van der Waals surface area contributed by atoms with Gasteiger partial charge in [0.25, 0.3) is 0 Å². The Hall–Kier alpha value is -9.91. The van der Waals surface area contributed by atoms with Crippen LogP contribution in [0.15, 0.2) is 425 Å². The topological polar surface area (TPSA) is 89.8 Å². The van der Waals surface area contributed by atoms with E-state index in [1.807, 2.05) is 41.1 Å². The van der Waals surface area contributed by atoms with Gasteiger partial charge in [0.05, 0.1) is 25.5 Å². The molecule has 0 saturated carbocycles. The smallest absolute Gasteiger partial charge is 0.301 e. The Balaban J connectivity index is 0.000000142. The van der Waals surface area contributed by atoms with Crippen LogP contribution in [0.4, 0.5) is 0 Å². The molecular formula is C107H108N4O5P4PdSi2. The normalized spacial score (nSPS) is 14.8. The van der Waals surface area contributed by atoms with Crippen molar-refractivity contribution in [2.24, 2.45) is 0 Å². The molecule has 16 aromatic rings. The molecule has 2 fully saturated rings. The van der Waals surface area contributed by atoms with E-state index in [4.69, 9.17) is 38.3 Å². The zero-order valence-electron chi connectivity index (χ0n) is 71.2. The number of ether oxygens (including phenoxy) is 4. The number of imidazole rings is 1. The van der Waals surface area contributed by atoms with Crippen molar-refractivity contribution in [2.75, 3.05) is 19.8 Å². The van der Waals surface area contributed by atoms with Crippen molar-refractivity contribution in [1.29, 1.82) is 0 Å². The molecule has 14 aromatic carbocycles. The van der Waals surface area contributed by atoms with Gasteiger partial charge in [-0.05, 0) is 131 Å². The van der Waals surface area contributed by atoms with E-state index in [1.54, 1.807) is 0 Å². The number of fused-ring (bicyclic) bond motifs is 2. The molecule has 123 heavy (non-hydrogen) atoms. The number of hydrogen-bond donors (Lipinski definition) is 0. The zero-order valence-corrected chi connectivity index (χ0v) is 78.3. The molecule has 18 rings (SSSR count). The van der Waals surface area contributed by atoms with Gasteiger partial charge in [-0.15, -0.1) is 0 Å². The zero-order chi connectivity index (χ0) is 84.4. The number of rotatable bonds is 23.